The monoisotopic (exact) mass is 501 g/mol. The van der Waals surface area contributed by atoms with Crippen molar-refractivity contribution in [2.75, 3.05) is 0 Å². The SMILES string of the molecule is Cc1ncc(-n2nc(C(=O)N[C@H](C)c3cccc(C(F)(F)F)c3F)ccc2=O)cc1-c1cnnn1C. The zero-order valence-electron chi connectivity index (χ0n) is 19.2. The van der Waals surface area contributed by atoms with Crippen LogP contribution in [0.25, 0.3) is 16.9 Å². The molecule has 13 heteroatoms. The molecule has 1 aromatic carbocycles. The molecule has 4 aromatic rings. The Bertz CT molecular complexity index is 1510. The molecule has 4 rings (SSSR count). The summed E-state index contributed by atoms with van der Waals surface area (Å²) in [5.41, 5.74) is -0.362. The number of alkyl halides is 3. The van der Waals surface area contributed by atoms with Gasteiger partial charge in [0.25, 0.3) is 11.5 Å². The maximum absolute atomic E-state index is 14.5. The van der Waals surface area contributed by atoms with Gasteiger partial charge in [0, 0.05) is 29.9 Å². The van der Waals surface area contributed by atoms with E-state index in [2.05, 4.69) is 25.7 Å². The Hall–Kier alpha value is -4.42. The summed E-state index contributed by atoms with van der Waals surface area (Å²) in [6, 6.07) is 5.62. The normalized spacial score (nSPS) is 12.4. The number of halogens is 4. The molecule has 0 unspecified atom stereocenters. The second kappa shape index (κ2) is 9.32. The molecular weight excluding hydrogens is 482 g/mol. The van der Waals surface area contributed by atoms with Gasteiger partial charge in [0.05, 0.1) is 35.4 Å². The van der Waals surface area contributed by atoms with Crippen molar-refractivity contribution in [2.45, 2.75) is 26.1 Å². The Morgan fingerprint density at radius 1 is 1.14 bits per heavy atom. The van der Waals surface area contributed by atoms with Gasteiger partial charge in [-0.25, -0.2) is 9.07 Å². The number of pyridine rings is 1. The van der Waals surface area contributed by atoms with Crippen molar-refractivity contribution < 1.29 is 22.4 Å². The molecule has 0 saturated carbocycles. The van der Waals surface area contributed by atoms with Crippen LogP contribution < -0.4 is 10.9 Å². The smallest absolute Gasteiger partial charge is 0.344 e. The van der Waals surface area contributed by atoms with Crippen molar-refractivity contribution >= 4 is 5.91 Å². The summed E-state index contributed by atoms with van der Waals surface area (Å²) in [6.07, 6.45) is -1.95. The largest absolute Gasteiger partial charge is 0.419 e. The molecule has 1 amide bonds. The average molecular weight is 501 g/mol. The minimum absolute atomic E-state index is 0.210. The van der Waals surface area contributed by atoms with Crippen LogP contribution in [-0.2, 0) is 13.2 Å². The standard InChI is InChI=1S/C23H19F4N7O2/c1-12-16(19-11-29-32-33(19)3)9-14(10-28-12)34-20(35)8-7-18(31-34)22(36)30-13(2)15-5-4-6-17(21(15)24)23(25,26)27/h4-11,13H,1-3H3,(H,30,36)/t13-/m1/s1. The minimum atomic E-state index is -4.88. The van der Waals surface area contributed by atoms with Crippen LogP contribution in [0.15, 0.2) is 53.6 Å². The van der Waals surface area contributed by atoms with E-state index in [-0.39, 0.29) is 16.9 Å². The van der Waals surface area contributed by atoms with E-state index in [1.165, 1.54) is 24.0 Å². The van der Waals surface area contributed by atoms with E-state index in [0.29, 0.717) is 23.0 Å². The topological polar surface area (TPSA) is 108 Å². The molecule has 1 atom stereocenters. The van der Waals surface area contributed by atoms with Gasteiger partial charge in [-0.2, -0.15) is 23.0 Å². The van der Waals surface area contributed by atoms with E-state index in [1.54, 1.807) is 20.0 Å². The summed E-state index contributed by atoms with van der Waals surface area (Å²) < 4.78 is 56.1. The average Bonchev–Trinajstić information content (AvgIpc) is 3.24. The third-order valence-corrected chi connectivity index (χ3v) is 5.49. The highest BCUT2D eigenvalue weighted by molar-refractivity contribution is 5.92. The molecular formula is C23H19F4N7O2. The van der Waals surface area contributed by atoms with Crippen molar-refractivity contribution in [2.24, 2.45) is 7.05 Å². The molecule has 0 aliphatic rings. The number of carbonyl (C=O) groups is 1. The molecule has 3 aromatic heterocycles. The van der Waals surface area contributed by atoms with Crippen molar-refractivity contribution in [3.05, 3.63) is 87.5 Å². The molecule has 186 valence electrons. The summed E-state index contributed by atoms with van der Waals surface area (Å²) in [7, 11) is 1.69. The van der Waals surface area contributed by atoms with Crippen LogP contribution >= 0.6 is 0 Å². The van der Waals surface area contributed by atoms with Crippen molar-refractivity contribution in [1.82, 2.24) is 35.1 Å². The van der Waals surface area contributed by atoms with E-state index >= 15 is 0 Å². The fourth-order valence-corrected chi connectivity index (χ4v) is 3.60. The first-order valence-electron chi connectivity index (χ1n) is 10.6. The molecule has 0 fully saturated rings. The number of carbonyl (C=O) groups excluding carboxylic acids is 1. The second-order valence-electron chi connectivity index (χ2n) is 7.94. The lowest BCUT2D eigenvalue weighted by Crippen LogP contribution is -2.31. The first-order valence-corrected chi connectivity index (χ1v) is 10.6. The van der Waals surface area contributed by atoms with Crippen LogP contribution in [0.5, 0.6) is 0 Å². The zero-order chi connectivity index (χ0) is 26.2. The molecule has 0 spiro atoms. The number of aryl methyl sites for hydroxylation is 2. The van der Waals surface area contributed by atoms with Crippen molar-refractivity contribution in [3.8, 4) is 16.9 Å². The number of hydrogen-bond acceptors (Lipinski definition) is 6. The lowest BCUT2D eigenvalue weighted by Gasteiger charge is -2.17. The highest BCUT2D eigenvalue weighted by atomic mass is 19.4. The van der Waals surface area contributed by atoms with E-state index in [0.717, 1.165) is 28.9 Å². The Kier molecular flexibility index (Phi) is 6.39. The Balaban J connectivity index is 1.65. The quantitative estimate of drug-likeness (QED) is 0.420. The highest BCUT2D eigenvalue weighted by Gasteiger charge is 2.35. The van der Waals surface area contributed by atoms with E-state index < -0.39 is 35.1 Å². The van der Waals surface area contributed by atoms with E-state index in [4.69, 9.17) is 0 Å². The summed E-state index contributed by atoms with van der Waals surface area (Å²) in [5, 5.41) is 14.2. The Morgan fingerprint density at radius 2 is 1.89 bits per heavy atom. The summed E-state index contributed by atoms with van der Waals surface area (Å²) in [5.74, 6) is -2.29. The van der Waals surface area contributed by atoms with Crippen LogP contribution in [0.3, 0.4) is 0 Å². The van der Waals surface area contributed by atoms with Gasteiger partial charge >= 0.3 is 6.18 Å². The number of benzene rings is 1. The van der Waals surface area contributed by atoms with Gasteiger partial charge in [0.1, 0.15) is 11.5 Å². The minimum Gasteiger partial charge on any atom is -0.344 e. The number of nitrogens with one attached hydrogen (secondary N) is 1. The lowest BCUT2D eigenvalue weighted by molar-refractivity contribution is -0.140. The third-order valence-electron chi connectivity index (χ3n) is 5.49. The molecule has 0 bridgehead atoms. The number of amides is 1. The predicted octanol–water partition coefficient (Wildman–Crippen LogP) is 3.38. The Labute approximate surface area is 201 Å². The van der Waals surface area contributed by atoms with Gasteiger partial charge in [-0.3, -0.25) is 14.6 Å². The highest BCUT2D eigenvalue weighted by Crippen LogP contribution is 2.33. The number of rotatable bonds is 5. The van der Waals surface area contributed by atoms with Gasteiger partial charge in [0.2, 0.25) is 0 Å². The fourth-order valence-electron chi connectivity index (χ4n) is 3.60. The molecule has 0 aliphatic carbocycles. The third kappa shape index (κ3) is 4.72. The number of aromatic nitrogens is 6. The summed E-state index contributed by atoms with van der Waals surface area (Å²) in [4.78, 5) is 29.6. The van der Waals surface area contributed by atoms with E-state index in [9.17, 15) is 27.2 Å². The lowest BCUT2D eigenvalue weighted by atomic mass is 10.0. The maximum atomic E-state index is 14.5. The fraction of sp³-hybridized carbons (Fsp3) is 0.217. The molecule has 3 heterocycles. The molecule has 9 nitrogen and oxygen atoms in total. The predicted molar refractivity (Wildman–Crippen MR) is 120 cm³/mol. The van der Waals surface area contributed by atoms with Gasteiger partial charge in [-0.1, -0.05) is 17.3 Å². The van der Waals surface area contributed by atoms with Gasteiger partial charge in [0.15, 0.2) is 0 Å². The van der Waals surface area contributed by atoms with Crippen molar-refractivity contribution in [3.63, 3.8) is 0 Å². The van der Waals surface area contributed by atoms with Crippen LogP contribution in [0.2, 0.25) is 0 Å². The summed E-state index contributed by atoms with van der Waals surface area (Å²) >= 11 is 0. The number of hydrogen-bond donors (Lipinski definition) is 1. The molecule has 0 radical (unpaired) electrons. The van der Waals surface area contributed by atoms with Crippen LogP contribution in [0, 0.1) is 12.7 Å². The van der Waals surface area contributed by atoms with Crippen LogP contribution in [0.4, 0.5) is 17.6 Å². The molecule has 36 heavy (non-hydrogen) atoms. The Morgan fingerprint density at radius 3 is 2.56 bits per heavy atom. The second-order valence-corrected chi connectivity index (χ2v) is 7.94. The van der Waals surface area contributed by atoms with Crippen molar-refractivity contribution in [1.29, 1.82) is 0 Å². The maximum Gasteiger partial charge on any atom is 0.419 e. The first kappa shape index (κ1) is 24.7. The molecule has 0 aliphatic heterocycles. The van der Waals surface area contributed by atoms with Crippen LogP contribution in [-0.4, -0.2) is 35.7 Å². The van der Waals surface area contributed by atoms with Gasteiger partial charge in [-0.05, 0) is 32.0 Å². The summed E-state index contributed by atoms with van der Waals surface area (Å²) in [6.45, 7) is 3.10. The zero-order valence-corrected chi connectivity index (χ0v) is 19.2. The van der Waals surface area contributed by atoms with Gasteiger partial charge < -0.3 is 5.32 Å². The van der Waals surface area contributed by atoms with Crippen LogP contribution in [0.1, 0.15) is 40.3 Å². The molecule has 0 saturated heterocycles. The van der Waals surface area contributed by atoms with Gasteiger partial charge in [-0.15, -0.1) is 5.10 Å². The van der Waals surface area contributed by atoms with E-state index in [1.807, 2.05) is 0 Å². The number of nitrogens with zero attached hydrogens (tertiary/aromatic N) is 6. The first-order chi connectivity index (χ1) is 17.0. The molecule has 1 N–H and O–H groups in total.